The highest BCUT2D eigenvalue weighted by Gasteiger charge is 1.98. The minimum Gasteiger partial charge on any atom is -0.303 e. The number of allylic oxidation sites excluding steroid dienone is 2. The monoisotopic (exact) mass is 182 g/mol. The zero-order chi connectivity index (χ0) is 9.94. The van der Waals surface area contributed by atoms with Crippen LogP contribution in [-0.4, -0.2) is 6.29 Å². The second-order valence-corrected chi connectivity index (χ2v) is 3.70. The number of aldehydes is 1. The van der Waals surface area contributed by atoms with Crippen LogP contribution in [0.2, 0.25) is 0 Å². The van der Waals surface area contributed by atoms with Crippen molar-refractivity contribution in [2.45, 2.75) is 52.4 Å². The summed E-state index contributed by atoms with van der Waals surface area (Å²) in [6.07, 6.45) is 12.3. The highest BCUT2D eigenvalue weighted by molar-refractivity contribution is 5.49. The lowest BCUT2D eigenvalue weighted by atomic mass is 10.0. The van der Waals surface area contributed by atoms with E-state index in [-0.39, 0.29) is 0 Å². The van der Waals surface area contributed by atoms with Gasteiger partial charge in [-0.15, -0.1) is 0 Å². The molecule has 0 aromatic carbocycles. The Hall–Kier alpha value is -0.590. The van der Waals surface area contributed by atoms with Gasteiger partial charge < -0.3 is 4.79 Å². The van der Waals surface area contributed by atoms with Crippen molar-refractivity contribution in [2.24, 2.45) is 5.92 Å². The van der Waals surface area contributed by atoms with Gasteiger partial charge in [-0.25, -0.2) is 0 Å². The number of carbonyl (C=O) groups excluding carboxylic acids is 1. The van der Waals surface area contributed by atoms with Gasteiger partial charge in [-0.05, 0) is 25.2 Å². The molecule has 0 bridgehead atoms. The minimum absolute atomic E-state index is 0.567. The molecule has 13 heavy (non-hydrogen) atoms. The van der Waals surface area contributed by atoms with Crippen LogP contribution in [0.4, 0.5) is 0 Å². The lowest BCUT2D eigenvalue weighted by Gasteiger charge is -2.04. The van der Waals surface area contributed by atoms with Gasteiger partial charge in [0.15, 0.2) is 0 Å². The van der Waals surface area contributed by atoms with Gasteiger partial charge in [-0.3, -0.25) is 0 Å². The number of hydrogen-bond acceptors (Lipinski definition) is 1. The first-order chi connectivity index (χ1) is 6.31. The van der Waals surface area contributed by atoms with Gasteiger partial charge in [-0.2, -0.15) is 0 Å². The average Bonchev–Trinajstić information content (AvgIpc) is 2.11. The first-order valence-electron chi connectivity index (χ1n) is 5.39. The molecule has 0 fully saturated rings. The number of carbonyl (C=O) groups is 1. The zero-order valence-corrected chi connectivity index (χ0v) is 8.96. The van der Waals surface area contributed by atoms with E-state index in [9.17, 15) is 4.79 Å². The van der Waals surface area contributed by atoms with Gasteiger partial charge in [0.05, 0.1) is 0 Å². The fourth-order valence-corrected chi connectivity index (χ4v) is 1.27. The smallest absolute Gasteiger partial charge is 0.120 e. The molecule has 0 radical (unpaired) electrons. The average molecular weight is 182 g/mol. The van der Waals surface area contributed by atoms with E-state index in [0.717, 1.165) is 12.7 Å². The lowest BCUT2D eigenvalue weighted by molar-refractivity contribution is -0.108. The Balaban J connectivity index is 3.19. The van der Waals surface area contributed by atoms with Crippen LogP contribution >= 0.6 is 0 Å². The Bertz CT molecular complexity index is 138. The van der Waals surface area contributed by atoms with E-state index in [4.69, 9.17) is 0 Å². The molecule has 0 aromatic heterocycles. The van der Waals surface area contributed by atoms with Gasteiger partial charge in [0.1, 0.15) is 6.29 Å². The molecule has 0 amide bonds. The molecule has 0 aliphatic rings. The molecule has 0 saturated carbocycles. The van der Waals surface area contributed by atoms with E-state index >= 15 is 0 Å². The molecule has 1 nitrogen and oxygen atoms in total. The molecule has 0 aromatic rings. The summed E-state index contributed by atoms with van der Waals surface area (Å²) in [5.74, 6) is 0.567. The second kappa shape index (κ2) is 9.50. The van der Waals surface area contributed by atoms with Crippen LogP contribution in [-0.2, 0) is 4.79 Å². The van der Waals surface area contributed by atoms with Gasteiger partial charge >= 0.3 is 0 Å². The molecule has 0 aliphatic heterocycles. The summed E-state index contributed by atoms with van der Waals surface area (Å²) in [6, 6.07) is 0. The van der Waals surface area contributed by atoms with Crippen molar-refractivity contribution in [3.05, 3.63) is 12.2 Å². The van der Waals surface area contributed by atoms with Crippen LogP contribution in [0.5, 0.6) is 0 Å². The molecule has 1 atom stereocenters. The molecule has 1 heteroatoms. The normalized spacial score (nSPS) is 13.4. The fourth-order valence-electron chi connectivity index (χ4n) is 1.27. The van der Waals surface area contributed by atoms with E-state index in [2.05, 4.69) is 26.0 Å². The fraction of sp³-hybridized carbons (Fsp3) is 0.750. The maximum atomic E-state index is 10.2. The number of hydrogen-bond donors (Lipinski definition) is 0. The third kappa shape index (κ3) is 9.32. The highest BCUT2D eigenvalue weighted by Crippen LogP contribution is 2.10. The van der Waals surface area contributed by atoms with Crippen LogP contribution in [0.15, 0.2) is 12.2 Å². The topological polar surface area (TPSA) is 17.1 Å². The molecule has 0 saturated heterocycles. The van der Waals surface area contributed by atoms with Crippen LogP contribution in [0.1, 0.15) is 52.4 Å². The van der Waals surface area contributed by atoms with E-state index in [1.165, 1.54) is 32.1 Å². The number of unbranched alkanes of at least 4 members (excludes halogenated alkanes) is 2. The van der Waals surface area contributed by atoms with Gasteiger partial charge in [-0.1, -0.05) is 38.8 Å². The zero-order valence-electron chi connectivity index (χ0n) is 8.96. The molecule has 1 unspecified atom stereocenters. The highest BCUT2D eigenvalue weighted by atomic mass is 16.1. The lowest BCUT2D eigenvalue weighted by Crippen LogP contribution is -1.94. The predicted molar refractivity (Wildman–Crippen MR) is 57.7 cm³/mol. The quantitative estimate of drug-likeness (QED) is 0.317. The standard InChI is InChI=1S/C12H22O/c1-3-4-5-6-7-8-9-12(2)10-11-13/h5-6,11-12H,3-4,7-10H2,1-2H3/b6-5+. The van der Waals surface area contributed by atoms with Crippen molar-refractivity contribution in [1.29, 1.82) is 0 Å². The van der Waals surface area contributed by atoms with E-state index in [1.807, 2.05) is 0 Å². The summed E-state index contributed by atoms with van der Waals surface area (Å²) in [4.78, 5) is 10.2. The van der Waals surface area contributed by atoms with Crippen molar-refractivity contribution in [2.75, 3.05) is 0 Å². The Morgan fingerprint density at radius 2 is 1.92 bits per heavy atom. The summed E-state index contributed by atoms with van der Waals surface area (Å²) in [5.41, 5.74) is 0. The van der Waals surface area contributed by atoms with Crippen molar-refractivity contribution in [3.63, 3.8) is 0 Å². The Morgan fingerprint density at radius 1 is 1.23 bits per heavy atom. The van der Waals surface area contributed by atoms with Crippen LogP contribution in [0.3, 0.4) is 0 Å². The number of rotatable bonds is 8. The van der Waals surface area contributed by atoms with Crippen molar-refractivity contribution >= 4 is 6.29 Å². The molecular formula is C12H22O. The SMILES string of the molecule is CCC/C=C/CCCC(C)CC=O. The largest absolute Gasteiger partial charge is 0.303 e. The molecule has 0 spiro atoms. The van der Waals surface area contributed by atoms with Crippen molar-refractivity contribution < 1.29 is 4.79 Å². The van der Waals surface area contributed by atoms with Crippen molar-refractivity contribution in [3.8, 4) is 0 Å². The Morgan fingerprint density at radius 3 is 2.54 bits per heavy atom. The Kier molecular flexibility index (Phi) is 9.07. The predicted octanol–water partition coefficient (Wildman–Crippen LogP) is 3.74. The van der Waals surface area contributed by atoms with Crippen LogP contribution in [0.25, 0.3) is 0 Å². The minimum atomic E-state index is 0.567. The third-order valence-corrected chi connectivity index (χ3v) is 2.19. The van der Waals surface area contributed by atoms with E-state index in [0.29, 0.717) is 5.92 Å². The van der Waals surface area contributed by atoms with Gasteiger partial charge in [0.2, 0.25) is 0 Å². The summed E-state index contributed by atoms with van der Waals surface area (Å²) in [7, 11) is 0. The summed E-state index contributed by atoms with van der Waals surface area (Å²) >= 11 is 0. The Labute approximate surface area is 82.2 Å². The summed E-state index contributed by atoms with van der Waals surface area (Å²) < 4.78 is 0. The van der Waals surface area contributed by atoms with E-state index < -0.39 is 0 Å². The maximum absolute atomic E-state index is 10.2. The summed E-state index contributed by atoms with van der Waals surface area (Å²) in [5, 5.41) is 0. The first kappa shape index (κ1) is 12.4. The second-order valence-electron chi connectivity index (χ2n) is 3.70. The molecule has 76 valence electrons. The molecule has 0 aliphatic carbocycles. The molecule has 0 rings (SSSR count). The third-order valence-electron chi connectivity index (χ3n) is 2.19. The molecule has 0 N–H and O–H groups in total. The first-order valence-corrected chi connectivity index (χ1v) is 5.39. The maximum Gasteiger partial charge on any atom is 0.120 e. The van der Waals surface area contributed by atoms with Crippen LogP contribution in [0, 0.1) is 5.92 Å². The van der Waals surface area contributed by atoms with Crippen LogP contribution < -0.4 is 0 Å². The van der Waals surface area contributed by atoms with Gasteiger partial charge in [0, 0.05) is 6.42 Å². The molecule has 0 heterocycles. The van der Waals surface area contributed by atoms with Gasteiger partial charge in [0.25, 0.3) is 0 Å². The molecular weight excluding hydrogens is 160 g/mol. The summed E-state index contributed by atoms with van der Waals surface area (Å²) in [6.45, 7) is 4.33. The van der Waals surface area contributed by atoms with Crippen molar-refractivity contribution in [1.82, 2.24) is 0 Å². The van der Waals surface area contributed by atoms with E-state index in [1.54, 1.807) is 0 Å².